The molecule has 4 saturated heterocycles. The maximum absolute atomic E-state index is 12.9. The van der Waals surface area contributed by atoms with Crippen molar-refractivity contribution < 1.29 is 9.90 Å². The Morgan fingerprint density at radius 1 is 1.07 bits per heavy atom. The fraction of sp³-hybridized carbons (Fsp3) is 0.429. The maximum atomic E-state index is 12.9. The molecule has 4 aliphatic rings. The summed E-state index contributed by atoms with van der Waals surface area (Å²) in [5.74, 6) is 0.307. The third kappa shape index (κ3) is 2.80. The third-order valence-corrected chi connectivity index (χ3v) is 6.41. The fourth-order valence-electron chi connectivity index (χ4n) is 5.30. The Bertz CT molecular complexity index is 823. The van der Waals surface area contributed by atoms with Crippen molar-refractivity contribution in [2.24, 2.45) is 5.92 Å². The number of nitrogens with zero attached hydrogens (tertiary/aromatic N) is 3. The highest BCUT2D eigenvalue weighted by Crippen LogP contribution is 2.43. The minimum absolute atomic E-state index is 0.0685. The second-order valence-corrected chi connectivity index (χ2v) is 8.11. The van der Waals surface area contributed by atoms with E-state index in [2.05, 4.69) is 44.4 Å². The van der Waals surface area contributed by atoms with Crippen LogP contribution in [0.15, 0.2) is 48.7 Å². The highest BCUT2D eigenvalue weighted by Gasteiger charge is 2.55. The first-order valence-electron chi connectivity index (χ1n) is 9.60. The van der Waals surface area contributed by atoms with E-state index in [1.807, 2.05) is 6.07 Å². The van der Waals surface area contributed by atoms with Crippen LogP contribution in [0.5, 0.6) is 5.75 Å². The van der Waals surface area contributed by atoms with Gasteiger partial charge in [-0.3, -0.25) is 4.79 Å². The van der Waals surface area contributed by atoms with Crippen LogP contribution in [0.3, 0.4) is 0 Å². The summed E-state index contributed by atoms with van der Waals surface area (Å²) in [5.41, 5.74) is 1.55. The first-order valence-corrected chi connectivity index (χ1v) is 9.60. The second kappa shape index (κ2) is 6.32. The summed E-state index contributed by atoms with van der Waals surface area (Å²) >= 11 is 0. The Balaban J connectivity index is 1.51. The SMILES string of the molecule is O=C(N[C@H]1C2CN3CCN(C2)CC1(c1ccccc1)C3)c1ccc(O)cn1. The smallest absolute Gasteiger partial charge is 0.270 e. The topological polar surface area (TPSA) is 68.7 Å². The highest BCUT2D eigenvalue weighted by molar-refractivity contribution is 5.92. The van der Waals surface area contributed by atoms with Crippen LogP contribution in [0, 0.1) is 5.92 Å². The maximum Gasteiger partial charge on any atom is 0.270 e. The molecule has 4 fully saturated rings. The normalized spacial score (nSPS) is 34.2. The van der Waals surface area contributed by atoms with Gasteiger partial charge in [0.2, 0.25) is 0 Å². The molecule has 0 radical (unpaired) electrons. The van der Waals surface area contributed by atoms with E-state index in [1.54, 1.807) is 6.07 Å². The molecule has 3 atom stereocenters. The van der Waals surface area contributed by atoms with Gasteiger partial charge >= 0.3 is 0 Å². The number of aromatic hydroxyl groups is 1. The van der Waals surface area contributed by atoms with Crippen molar-refractivity contribution in [2.75, 3.05) is 39.3 Å². The van der Waals surface area contributed by atoms with E-state index in [4.69, 9.17) is 0 Å². The molecule has 0 spiro atoms. The quantitative estimate of drug-likeness (QED) is 0.853. The van der Waals surface area contributed by atoms with Gasteiger partial charge in [-0.2, -0.15) is 0 Å². The third-order valence-electron chi connectivity index (χ3n) is 6.41. The average Bonchev–Trinajstić information content (AvgIpc) is 2.94. The molecule has 1 amide bonds. The van der Waals surface area contributed by atoms with E-state index in [-0.39, 0.29) is 23.1 Å². The van der Waals surface area contributed by atoms with Crippen molar-refractivity contribution >= 4 is 5.91 Å². The number of hydrogen-bond donors (Lipinski definition) is 2. The molecule has 1 aromatic carbocycles. The molecule has 0 saturated carbocycles. The van der Waals surface area contributed by atoms with Crippen LogP contribution >= 0.6 is 0 Å². The zero-order chi connectivity index (χ0) is 18.4. The number of aromatic nitrogens is 1. The predicted molar refractivity (Wildman–Crippen MR) is 102 cm³/mol. The number of hydrogen-bond acceptors (Lipinski definition) is 5. The molecule has 5 heterocycles. The van der Waals surface area contributed by atoms with Gasteiger partial charge in [0.15, 0.2) is 0 Å². The highest BCUT2D eigenvalue weighted by atomic mass is 16.3. The molecular formula is C21H24N4O2. The molecular weight excluding hydrogens is 340 g/mol. The second-order valence-electron chi connectivity index (χ2n) is 8.11. The largest absolute Gasteiger partial charge is 0.506 e. The van der Waals surface area contributed by atoms with Crippen LogP contribution in [0.25, 0.3) is 0 Å². The molecule has 6 heteroatoms. The van der Waals surface area contributed by atoms with Crippen molar-refractivity contribution in [1.82, 2.24) is 20.1 Å². The van der Waals surface area contributed by atoms with E-state index in [0.717, 1.165) is 39.3 Å². The van der Waals surface area contributed by atoms with Crippen LogP contribution in [0.4, 0.5) is 0 Å². The average molecular weight is 364 g/mol. The van der Waals surface area contributed by atoms with Crippen LogP contribution in [-0.2, 0) is 5.41 Å². The van der Waals surface area contributed by atoms with Crippen LogP contribution in [0.2, 0.25) is 0 Å². The number of carbonyl (C=O) groups is 1. The standard InChI is InChI=1S/C21H24N4O2/c26-17-6-7-18(22-10-17)20(27)23-19-15-11-24-8-9-25(12-15)14-21(19,13-24)16-4-2-1-3-5-16/h1-7,10,15,19,26H,8-9,11-14H2,(H,23,27)/t15?,19-,21?/m0/s1. The van der Waals surface area contributed by atoms with E-state index in [1.165, 1.54) is 17.8 Å². The number of rotatable bonds is 3. The van der Waals surface area contributed by atoms with Crippen molar-refractivity contribution in [3.63, 3.8) is 0 Å². The number of carbonyl (C=O) groups excluding carboxylic acids is 1. The van der Waals surface area contributed by atoms with E-state index in [9.17, 15) is 9.90 Å². The summed E-state index contributed by atoms with van der Waals surface area (Å²) in [6.07, 6.45) is 1.32. The van der Waals surface area contributed by atoms with Gasteiger partial charge < -0.3 is 20.2 Å². The summed E-state index contributed by atoms with van der Waals surface area (Å²) in [6, 6.07) is 13.8. The lowest BCUT2D eigenvalue weighted by atomic mass is 9.64. The Morgan fingerprint density at radius 3 is 2.41 bits per heavy atom. The molecule has 1 aromatic heterocycles. The van der Waals surface area contributed by atoms with Gasteiger partial charge in [0.05, 0.1) is 6.20 Å². The zero-order valence-electron chi connectivity index (χ0n) is 15.2. The van der Waals surface area contributed by atoms with Crippen molar-refractivity contribution in [3.05, 3.63) is 59.9 Å². The van der Waals surface area contributed by atoms with Gasteiger partial charge in [-0.1, -0.05) is 30.3 Å². The van der Waals surface area contributed by atoms with Gasteiger partial charge in [0, 0.05) is 56.6 Å². The molecule has 0 aliphatic carbocycles. The van der Waals surface area contributed by atoms with Crippen LogP contribution in [-0.4, -0.2) is 71.1 Å². The van der Waals surface area contributed by atoms with E-state index >= 15 is 0 Å². The van der Waals surface area contributed by atoms with Gasteiger partial charge in [-0.25, -0.2) is 4.98 Å². The van der Waals surface area contributed by atoms with Crippen molar-refractivity contribution in [1.29, 1.82) is 0 Å². The molecule has 6 nitrogen and oxygen atoms in total. The molecule has 2 aromatic rings. The molecule has 6 rings (SSSR count). The molecule has 2 N–H and O–H groups in total. The number of amides is 1. The minimum atomic E-state index is -0.161. The number of nitrogens with one attached hydrogen (secondary N) is 1. The van der Waals surface area contributed by atoms with Crippen LogP contribution in [0.1, 0.15) is 16.1 Å². The van der Waals surface area contributed by atoms with Crippen LogP contribution < -0.4 is 5.32 Å². The molecule has 2 unspecified atom stereocenters. The van der Waals surface area contributed by atoms with Gasteiger partial charge in [-0.15, -0.1) is 0 Å². The van der Waals surface area contributed by atoms with Gasteiger partial charge in [-0.05, 0) is 17.7 Å². The van der Waals surface area contributed by atoms with E-state index < -0.39 is 0 Å². The van der Waals surface area contributed by atoms with Crippen molar-refractivity contribution in [2.45, 2.75) is 11.5 Å². The lowest BCUT2D eigenvalue weighted by molar-refractivity contribution is 0.0179. The summed E-state index contributed by atoms with van der Waals surface area (Å²) in [7, 11) is 0. The zero-order valence-corrected chi connectivity index (χ0v) is 15.2. The Kier molecular flexibility index (Phi) is 3.91. The fourth-order valence-corrected chi connectivity index (χ4v) is 5.30. The van der Waals surface area contributed by atoms with Gasteiger partial charge in [0.1, 0.15) is 11.4 Å². The molecule has 27 heavy (non-hydrogen) atoms. The number of pyridine rings is 1. The van der Waals surface area contributed by atoms with E-state index in [0.29, 0.717) is 11.6 Å². The number of fused-ring (bicyclic) bond motifs is 1. The number of benzene rings is 1. The molecule has 140 valence electrons. The lowest BCUT2D eigenvalue weighted by Crippen LogP contribution is -2.70. The Hall–Kier alpha value is -2.44. The monoisotopic (exact) mass is 364 g/mol. The van der Waals surface area contributed by atoms with Crippen molar-refractivity contribution in [3.8, 4) is 5.75 Å². The lowest BCUT2D eigenvalue weighted by Gasteiger charge is -2.55. The summed E-state index contributed by atoms with van der Waals surface area (Å²) < 4.78 is 0. The molecule has 4 bridgehead atoms. The Morgan fingerprint density at radius 2 is 1.78 bits per heavy atom. The molecule has 4 aliphatic heterocycles. The first kappa shape index (κ1) is 16.7. The minimum Gasteiger partial charge on any atom is -0.506 e. The summed E-state index contributed by atoms with van der Waals surface area (Å²) in [6.45, 7) is 6.20. The number of piperidine rings is 2. The first-order chi connectivity index (χ1) is 13.1. The summed E-state index contributed by atoms with van der Waals surface area (Å²) in [4.78, 5) is 22.1. The Labute approximate surface area is 158 Å². The van der Waals surface area contributed by atoms with Gasteiger partial charge in [0.25, 0.3) is 5.91 Å². The summed E-state index contributed by atoms with van der Waals surface area (Å²) in [5, 5.41) is 12.8. The predicted octanol–water partition coefficient (Wildman–Crippen LogP) is 1.08.